The van der Waals surface area contributed by atoms with Crippen LogP contribution in [0.15, 0.2) is 64.5 Å². The van der Waals surface area contributed by atoms with Crippen LogP contribution in [0.1, 0.15) is 24.0 Å². The van der Waals surface area contributed by atoms with E-state index in [9.17, 15) is 19.7 Å². The molecular formula is C30H30N4O8S. The molecule has 1 N–H and O–H groups in total. The molecule has 12 nitrogen and oxygen atoms in total. The van der Waals surface area contributed by atoms with Gasteiger partial charge in [0.25, 0.3) is 11.2 Å². The van der Waals surface area contributed by atoms with Crippen molar-refractivity contribution in [3.05, 3.63) is 86.2 Å². The first kappa shape index (κ1) is 29.7. The molecule has 0 bridgehead atoms. The highest BCUT2D eigenvalue weighted by Crippen LogP contribution is 2.35. The third kappa shape index (κ3) is 7.00. The molecule has 1 aromatic heterocycles. The number of hydrogen-bond acceptors (Lipinski definition) is 10. The molecule has 0 saturated carbocycles. The van der Waals surface area contributed by atoms with E-state index in [1.807, 2.05) is 18.2 Å². The van der Waals surface area contributed by atoms with Gasteiger partial charge in [0.2, 0.25) is 12.7 Å². The Morgan fingerprint density at radius 1 is 1.05 bits per heavy atom. The number of aromatic nitrogens is 2. The number of fused-ring (bicyclic) bond motifs is 2. The van der Waals surface area contributed by atoms with Gasteiger partial charge >= 0.3 is 0 Å². The SMILES string of the molecule is COc1ccc(CCNC(=O)CCCn2c(SCc3ccc([N+](=O)[O-])cc3)nc3cc4c(cc3c2=O)OCO4)cc1OC. The van der Waals surface area contributed by atoms with E-state index in [1.165, 1.54) is 23.9 Å². The minimum atomic E-state index is -0.448. The summed E-state index contributed by atoms with van der Waals surface area (Å²) >= 11 is 1.34. The molecule has 43 heavy (non-hydrogen) atoms. The molecule has 13 heteroatoms. The molecule has 0 atom stereocenters. The molecule has 3 aromatic carbocycles. The summed E-state index contributed by atoms with van der Waals surface area (Å²) in [6.45, 7) is 0.805. The largest absolute Gasteiger partial charge is 0.493 e. The second kappa shape index (κ2) is 13.5. The number of nitrogens with zero attached hydrogens (tertiary/aromatic N) is 3. The predicted molar refractivity (Wildman–Crippen MR) is 160 cm³/mol. The van der Waals surface area contributed by atoms with Crippen molar-refractivity contribution in [2.75, 3.05) is 27.6 Å². The number of nitro groups is 1. The predicted octanol–water partition coefficient (Wildman–Crippen LogP) is 4.48. The van der Waals surface area contributed by atoms with Crippen LogP contribution in [0.3, 0.4) is 0 Å². The molecule has 1 amide bonds. The van der Waals surface area contributed by atoms with Crippen LogP contribution in [0.2, 0.25) is 0 Å². The number of ether oxygens (including phenoxy) is 4. The fourth-order valence-electron chi connectivity index (χ4n) is 4.63. The lowest BCUT2D eigenvalue weighted by atomic mass is 10.1. The smallest absolute Gasteiger partial charge is 0.269 e. The number of amides is 1. The fraction of sp³-hybridized carbons (Fsp3) is 0.300. The van der Waals surface area contributed by atoms with E-state index in [4.69, 9.17) is 23.9 Å². The van der Waals surface area contributed by atoms with E-state index in [0.717, 1.165) is 11.1 Å². The van der Waals surface area contributed by atoms with Crippen LogP contribution >= 0.6 is 11.8 Å². The Hall–Kier alpha value is -4.78. The van der Waals surface area contributed by atoms with Gasteiger partial charge in [-0.3, -0.25) is 24.3 Å². The van der Waals surface area contributed by atoms with Crippen molar-refractivity contribution in [2.24, 2.45) is 0 Å². The number of non-ortho nitro benzene ring substituents is 1. The highest BCUT2D eigenvalue weighted by atomic mass is 32.2. The lowest BCUT2D eigenvalue weighted by molar-refractivity contribution is -0.384. The summed E-state index contributed by atoms with van der Waals surface area (Å²) < 4.78 is 23.1. The van der Waals surface area contributed by atoms with Crippen molar-refractivity contribution in [3.8, 4) is 23.0 Å². The van der Waals surface area contributed by atoms with E-state index in [2.05, 4.69) is 5.32 Å². The molecule has 2 heterocycles. The Labute approximate surface area is 251 Å². The minimum Gasteiger partial charge on any atom is -0.493 e. The minimum absolute atomic E-state index is 0.00700. The summed E-state index contributed by atoms with van der Waals surface area (Å²) in [7, 11) is 3.16. The Morgan fingerprint density at radius 3 is 2.49 bits per heavy atom. The second-order valence-corrected chi connectivity index (χ2v) is 10.6. The summed E-state index contributed by atoms with van der Waals surface area (Å²) in [6.07, 6.45) is 1.27. The summed E-state index contributed by atoms with van der Waals surface area (Å²) in [5.74, 6) is 2.60. The first-order valence-corrected chi connectivity index (χ1v) is 14.5. The third-order valence-electron chi connectivity index (χ3n) is 6.90. The monoisotopic (exact) mass is 606 g/mol. The summed E-state index contributed by atoms with van der Waals surface area (Å²) in [5, 5.41) is 14.8. The van der Waals surface area contributed by atoms with E-state index >= 15 is 0 Å². The fourth-order valence-corrected chi connectivity index (χ4v) is 5.61. The zero-order valence-electron chi connectivity index (χ0n) is 23.7. The molecule has 0 radical (unpaired) electrons. The van der Waals surface area contributed by atoms with Crippen LogP contribution in [0.4, 0.5) is 5.69 Å². The number of nitrogens with one attached hydrogen (secondary N) is 1. The quantitative estimate of drug-likeness (QED) is 0.100. The van der Waals surface area contributed by atoms with Gasteiger partial charge in [-0.05, 0) is 42.2 Å². The number of carbonyl (C=O) groups excluding carboxylic acids is 1. The second-order valence-electron chi connectivity index (χ2n) is 9.68. The van der Waals surface area contributed by atoms with Crippen molar-refractivity contribution in [1.29, 1.82) is 0 Å². The highest BCUT2D eigenvalue weighted by molar-refractivity contribution is 7.98. The summed E-state index contributed by atoms with van der Waals surface area (Å²) in [5.41, 5.74) is 2.08. The van der Waals surface area contributed by atoms with Gasteiger partial charge in [-0.2, -0.15) is 0 Å². The molecule has 0 aliphatic carbocycles. The van der Waals surface area contributed by atoms with Crippen molar-refractivity contribution in [3.63, 3.8) is 0 Å². The van der Waals surface area contributed by atoms with Gasteiger partial charge in [0.15, 0.2) is 28.2 Å². The number of methoxy groups -OCH3 is 2. The zero-order valence-corrected chi connectivity index (χ0v) is 24.5. The van der Waals surface area contributed by atoms with E-state index < -0.39 is 4.92 Å². The standard InChI is InChI=1S/C30H30N4O8S/c1-39-24-10-7-19(14-25(24)40-2)11-12-31-28(35)4-3-13-33-29(36)22-15-26-27(42-18-41-26)16-23(22)32-30(33)43-17-20-5-8-21(9-6-20)34(37)38/h5-10,14-16H,3-4,11-13,17-18H2,1-2H3,(H,31,35). The van der Waals surface area contributed by atoms with Gasteiger partial charge in [-0.1, -0.05) is 30.0 Å². The molecule has 0 unspecified atom stereocenters. The van der Waals surface area contributed by atoms with Crippen molar-refractivity contribution < 1.29 is 28.7 Å². The number of nitro benzene ring substituents is 1. The van der Waals surface area contributed by atoms with Crippen LogP contribution in [0.5, 0.6) is 23.0 Å². The number of carbonyl (C=O) groups is 1. The van der Waals surface area contributed by atoms with Crippen molar-refractivity contribution in [2.45, 2.75) is 36.7 Å². The Morgan fingerprint density at radius 2 is 1.77 bits per heavy atom. The van der Waals surface area contributed by atoms with E-state index in [0.29, 0.717) is 64.2 Å². The Kier molecular flexibility index (Phi) is 9.30. The normalized spacial score (nSPS) is 11.9. The maximum absolute atomic E-state index is 13.6. The van der Waals surface area contributed by atoms with E-state index in [-0.39, 0.29) is 36.9 Å². The number of hydrogen-bond donors (Lipinski definition) is 1. The van der Waals surface area contributed by atoms with Gasteiger partial charge in [0.1, 0.15) is 0 Å². The molecule has 0 spiro atoms. The van der Waals surface area contributed by atoms with Crippen molar-refractivity contribution in [1.82, 2.24) is 14.9 Å². The van der Waals surface area contributed by atoms with Gasteiger partial charge in [-0.15, -0.1) is 0 Å². The first-order chi connectivity index (χ1) is 20.9. The average Bonchev–Trinajstić information content (AvgIpc) is 3.48. The molecule has 1 aliphatic rings. The highest BCUT2D eigenvalue weighted by Gasteiger charge is 2.19. The maximum Gasteiger partial charge on any atom is 0.269 e. The van der Waals surface area contributed by atoms with Crippen LogP contribution in [-0.2, 0) is 23.5 Å². The molecule has 1 aliphatic heterocycles. The molecule has 0 fully saturated rings. The Bertz CT molecular complexity index is 1710. The average molecular weight is 607 g/mol. The van der Waals surface area contributed by atoms with Crippen LogP contribution in [-0.4, -0.2) is 47.9 Å². The van der Waals surface area contributed by atoms with Crippen LogP contribution < -0.4 is 29.8 Å². The van der Waals surface area contributed by atoms with E-state index in [1.54, 1.807) is 43.1 Å². The third-order valence-corrected chi connectivity index (χ3v) is 7.95. The molecule has 5 rings (SSSR count). The number of benzene rings is 3. The van der Waals surface area contributed by atoms with Crippen LogP contribution in [0, 0.1) is 10.1 Å². The zero-order chi connectivity index (χ0) is 30.3. The van der Waals surface area contributed by atoms with Crippen molar-refractivity contribution >= 4 is 34.3 Å². The van der Waals surface area contributed by atoms with Gasteiger partial charge in [0.05, 0.1) is 30.0 Å². The summed E-state index contributed by atoms with van der Waals surface area (Å²) in [6, 6.07) is 15.2. The maximum atomic E-state index is 13.6. The number of thioether (sulfide) groups is 1. The Balaban J connectivity index is 1.25. The molecule has 4 aromatic rings. The molecule has 0 saturated heterocycles. The molecular weight excluding hydrogens is 576 g/mol. The lowest BCUT2D eigenvalue weighted by Gasteiger charge is -2.14. The van der Waals surface area contributed by atoms with Gasteiger partial charge in [-0.25, -0.2) is 4.98 Å². The topological polar surface area (TPSA) is 144 Å². The van der Waals surface area contributed by atoms with Gasteiger partial charge < -0.3 is 24.3 Å². The summed E-state index contributed by atoms with van der Waals surface area (Å²) in [4.78, 5) is 41.5. The first-order valence-electron chi connectivity index (χ1n) is 13.5. The molecule has 224 valence electrons. The lowest BCUT2D eigenvalue weighted by Crippen LogP contribution is -2.27. The van der Waals surface area contributed by atoms with Gasteiger partial charge in [0, 0.05) is 43.5 Å². The van der Waals surface area contributed by atoms with Crippen LogP contribution in [0.25, 0.3) is 10.9 Å². The number of rotatable bonds is 13.